The molecular weight excluding hydrogens is 390 g/mol. The zero-order valence-electron chi connectivity index (χ0n) is 13.2. The summed E-state index contributed by atoms with van der Waals surface area (Å²) in [5, 5.41) is 3.55. The Labute approximate surface area is 152 Å². The molecule has 1 amide bonds. The number of aromatic nitrogens is 3. The highest BCUT2D eigenvalue weighted by atomic mass is 79.9. The van der Waals surface area contributed by atoms with Crippen LogP contribution in [0.4, 0.5) is 11.4 Å². The Morgan fingerprint density at radius 3 is 2.79 bits per heavy atom. The Hall–Kier alpha value is -2.06. The van der Waals surface area contributed by atoms with Crippen LogP contribution in [0, 0.1) is 0 Å². The van der Waals surface area contributed by atoms with Gasteiger partial charge in [0.25, 0.3) is 0 Å². The van der Waals surface area contributed by atoms with Gasteiger partial charge in [0.05, 0.1) is 11.3 Å². The van der Waals surface area contributed by atoms with Crippen molar-refractivity contribution in [2.75, 3.05) is 30.1 Å². The number of carbonyl (C=O) groups excluding carboxylic acids is 1. The average molecular weight is 406 g/mol. The van der Waals surface area contributed by atoms with Crippen molar-refractivity contribution in [1.29, 1.82) is 0 Å². The lowest BCUT2D eigenvalue weighted by molar-refractivity contribution is -0.113. The second kappa shape index (κ2) is 7.23. The zero-order chi connectivity index (χ0) is 17.1. The summed E-state index contributed by atoms with van der Waals surface area (Å²) in [6.45, 7) is 0. The summed E-state index contributed by atoms with van der Waals surface area (Å²) >= 11 is 4.72. The summed E-state index contributed by atoms with van der Waals surface area (Å²) in [6, 6.07) is 9.61. The SMILES string of the molecule is CN(C)c1ccc(NC(=O)CSc2nc3ncc(Br)cc3[nH]2)cc1. The topological polar surface area (TPSA) is 73.9 Å². The first kappa shape index (κ1) is 16.8. The number of fused-ring (bicyclic) bond motifs is 1. The minimum atomic E-state index is -0.0767. The molecule has 2 aromatic heterocycles. The number of thioether (sulfide) groups is 1. The van der Waals surface area contributed by atoms with E-state index < -0.39 is 0 Å². The van der Waals surface area contributed by atoms with Gasteiger partial charge < -0.3 is 15.2 Å². The lowest BCUT2D eigenvalue weighted by Crippen LogP contribution is -2.14. The number of hydrogen-bond donors (Lipinski definition) is 2. The van der Waals surface area contributed by atoms with E-state index in [-0.39, 0.29) is 11.7 Å². The van der Waals surface area contributed by atoms with E-state index in [1.165, 1.54) is 11.8 Å². The Morgan fingerprint density at radius 1 is 1.33 bits per heavy atom. The molecule has 0 aliphatic carbocycles. The predicted molar refractivity (Wildman–Crippen MR) is 102 cm³/mol. The van der Waals surface area contributed by atoms with Gasteiger partial charge in [-0.2, -0.15) is 0 Å². The molecule has 24 heavy (non-hydrogen) atoms. The number of H-pyrrole nitrogens is 1. The molecule has 0 spiro atoms. The van der Waals surface area contributed by atoms with Crippen LogP contribution in [0.3, 0.4) is 0 Å². The number of imidazole rings is 1. The molecule has 2 N–H and O–H groups in total. The number of benzene rings is 1. The number of amides is 1. The maximum absolute atomic E-state index is 12.1. The van der Waals surface area contributed by atoms with E-state index in [0.29, 0.717) is 10.8 Å². The summed E-state index contributed by atoms with van der Waals surface area (Å²) < 4.78 is 0.883. The van der Waals surface area contributed by atoms with Crippen molar-refractivity contribution in [3.63, 3.8) is 0 Å². The van der Waals surface area contributed by atoms with Crippen molar-refractivity contribution in [3.8, 4) is 0 Å². The molecule has 8 heteroatoms. The second-order valence-corrected chi connectivity index (χ2v) is 7.22. The van der Waals surface area contributed by atoms with E-state index in [9.17, 15) is 4.79 Å². The summed E-state index contributed by atoms with van der Waals surface area (Å²) in [7, 11) is 3.95. The van der Waals surface area contributed by atoms with Crippen molar-refractivity contribution in [2.24, 2.45) is 0 Å². The maximum Gasteiger partial charge on any atom is 0.234 e. The number of aromatic amines is 1. The first-order valence-electron chi connectivity index (χ1n) is 7.22. The van der Waals surface area contributed by atoms with Crippen LogP contribution in [-0.2, 0) is 4.79 Å². The molecule has 0 fully saturated rings. The maximum atomic E-state index is 12.1. The average Bonchev–Trinajstić information content (AvgIpc) is 2.95. The van der Waals surface area contributed by atoms with Gasteiger partial charge >= 0.3 is 0 Å². The van der Waals surface area contributed by atoms with E-state index in [1.807, 2.05) is 49.3 Å². The summed E-state index contributed by atoms with van der Waals surface area (Å²) in [6.07, 6.45) is 1.70. The zero-order valence-corrected chi connectivity index (χ0v) is 15.6. The smallest absolute Gasteiger partial charge is 0.234 e. The number of hydrogen-bond acceptors (Lipinski definition) is 5. The molecular formula is C16H16BrN5OS. The highest BCUT2D eigenvalue weighted by Gasteiger charge is 2.08. The fraction of sp³-hybridized carbons (Fsp3) is 0.188. The number of halogens is 1. The van der Waals surface area contributed by atoms with Crippen LogP contribution in [0.1, 0.15) is 0 Å². The molecule has 1 aromatic carbocycles. The first-order chi connectivity index (χ1) is 11.5. The Bertz CT molecular complexity index is 863. The van der Waals surface area contributed by atoms with Gasteiger partial charge in [0.1, 0.15) is 0 Å². The third kappa shape index (κ3) is 4.07. The Morgan fingerprint density at radius 2 is 2.08 bits per heavy atom. The second-order valence-electron chi connectivity index (χ2n) is 5.34. The normalized spacial score (nSPS) is 10.8. The molecule has 2 heterocycles. The number of rotatable bonds is 5. The van der Waals surface area contributed by atoms with E-state index >= 15 is 0 Å². The lowest BCUT2D eigenvalue weighted by Gasteiger charge is -2.12. The summed E-state index contributed by atoms with van der Waals surface area (Å²) in [4.78, 5) is 25.8. The summed E-state index contributed by atoms with van der Waals surface area (Å²) in [5.74, 6) is 0.198. The number of nitrogens with one attached hydrogen (secondary N) is 2. The molecule has 124 valence electrons. The van der Waals surface area contributed by atoms with E-state index in [0.717, 1.165) is 21.4 Å². The third-order valence-electron chi connectivity index (χ3n) is 3.29. The van der Waals surface area contributed by atoms with Crippen LogP contribution in [0.25, 0.3) is 11.2 Å². The van der Waals surface area contributed by atoms with Crippen molar-refractivity contribution in [2.45, 2.75) is 5.16 Å². The van der Waals surface area contributed by atoms with E-state index in [2.05, 4.69) is 36.2 Å². The van der Waals surface area contributed by atoms with Crippen molar-refractivity contribution < 1.29 is 4.79 Å². The molecule has 0 aliphatic heterocycles. The molecule has 0 aliphatic rings. The molecule has 0 atom stereocenters. The van der Waals surface area contributed by atoms with Crippen LogP contribution < -0.4 is 10.2 Å². The molecule has 0 saturated heterocycles. The monoisotopic (exact) mass is 405 g/mol. The summed E-state index contributed by atoms with van der Waals surface area (Å²) in [5.41, 5.74) is 3.34. The van der Waals surface area contributed by atoms with E-state index in [4.69, 9.17) is 0 Å². The minimum absolute atomic E-state index is 0.0767. The molecule has 0 unspecified atom stereocenters. The van der Waals surface area contributed by atoms with Gasteiger partial charge in [0.15, 0.2) is 10.8 Å². The van der Waals surface area contributed by atoms with Crippen LogP contribution in [0.2, 0.25) is 0 Å². The largest absolute Gasteiger partial charge is 0.378 e. The minimum Gasteiger partial charge on any atom is -0.378 e. The fourth-order valence-corrected chi connectivity index (χ4v) is 3.10. The highest BCUT2D eigenvalue weighted by molar-refractivity contribution is 9.10. The number of carbonyl (C=O) groups is 1. The molecule has 0 bridgehead atoms. The highest BCUT2D eigenvalue weighted by Crippen LogP contribution is 2.21. The number of anilines is 2. The van der Waals surface area contributed by atoms with Crippen LogP contribution in [0.5, 0.6) is 0 Å². The van der Waals surface area contributed by atoms with Gasteiger partial charge in [-0.1, -0.05) is 11.8 Å². The van der Waals surface area contributed by atoms with Gasteiger partial charge in [-0.15, -0.1) is 0 Å². The van der Waals surface area contributed by atoms with Crippen LogP contribution >= 0.6 is 27.7 Å². The van der Waals surface area contributed by atoms with Gasteiger partial charge in [-0.05, 0) is 46.3 Å². The Kier molecular flexibility index (Phi) is 5.06. The third-order valence-corrected chi connectivity index (χ3v) is 4.60. The molecule has 0 radical (unpaired) electrons. The van der Waals surface area contributed by atoms with Crippen molar-refractivity contribution in [1.82, 2.24) is 15.0 Å². The fourth-order valence-electron chi connectivity index (χ4n) is 2.09. The standard InChI is InChI=1S/C16H16BrN5OS/c1-22(2)12-5-3-11(4-6-12)19-14(23)9-24-16-20-13-7-10(17)8-18-15(13)21-16/h3-8H,9H2,1-2H3,(H,19,23)(H,18,20,21). The van der Waals surface area contributed by atoms with Gasteiger partial charge in [-0.3, -0.25) is 4.79 Å². The molecule has 6 nitrogen and oxygen atoms in total. The van der Waals surface area contributed by atoms with Gasteiger partial charge in [-0.25, -0.2) is 9.97 Å². The van der Waals surface area contributed by atoms with E-state index in [1.54, 1.807) is 6.20 Å². The predicted octanol–water partition coefficient (Wildman–Crippen LogP) is 3.52. The van der Waals surface area contributed by atoms with Crippen molar-refractivity contribution in [3.05, 3.63) is 41.0 Å². The quantitative estimate of drug-likeness (QED) is 0.635. The lowest BCUT2D eigenvalue weighted by atomic mass is 10.2. The molecule has 3 rings (SSSR count). The van der Waals surface area contributed by atoms with Crippen molar-refractivity contribution >= 4 is 56.1 Å². The first-order valence-corrected chi connectivity index (χ1v) is 9.00. The number of nitrogens with zero attached hydrogens (tertiary/aromatic N) is 3. The molecule has 0 saturated carbocycles. The van der Waals surface area contributed by atoms with Gasteiger partial charge in [0, 0.05) is 36.1 Å². The Balaban J connectivity index is 1.58. The van der Waals surface area contributed by atoms with Crippen LogP contribution in [-0.4, -0.2) is 40.7 Å². The van der Waals surface area contributed by atoms with Gasteiger partial charge in [0.2, 0.25) is 5.91 Å². The van der Waals surface area contributed by atoms with Crippen LogP contribution in [0.15, 0.2) is 46.2 Å². The number of pyridine rings is 1. The molecule has 3 aromatic rings.